The van der Waals surface area contributed by atoms with Crippen LogP contribution in [0.15, 0.2) is 0 Å². The second kappa shape index (κ2) is 3.48. The van der Waals surface area contributed by atoms with Gasteiger partial charge in [-0.15, -0.1) is 0 Å². The molecule has 0 aliphatic carbocycles. The molecule has 0 fully saturated rings. The summed E-state index contributed by atoms with van der Waals surface area (Å²) in [6.07, 6.45) is -0.171. The van der Waals surface area contributed by atoms with Crippen molar-refractivity contribution < 1.29 is 14.8 Å². The molecule has 0 spiro atoms. The third-order valence-corrected chi connectivity index (χ3v) is 1.53. The fourth-order valence-corrected chi connectivity index (χ4v) is 0.700. The number of carboxylic acid groups (broad SMARTS) is 1. The van der Waals surface area contributed by atoms with Crippen molar-refractivity contribution in [2.24, 2.45) is 5.73 Å². The van der Waals surface area contributed by atoms with E-state index < -0.39 is 22.5 Å². The minimum absolute atomic E-state index is 0.171. The van der Waals surface area contributed by atoms with Crippen molar-refractivity contribution in [1.82, 2.24) is 0 Å². The van der Waals surface area contributed by atoms with Crippen LogP contribution >= 0.6 is 0 Å². The van der Waals surface area contributed by atoms with Crippen LogP contribution in [-0.4, -0.2) is 27.6 Å². The van der Waals surface area contributed by atoms with Crippen LogP contribution in [0.25, 0.3) is 0 Å². The summed E-state index contributed by atoms with van der Waals surface area (Å²) in [6, 6.07) is -1.18. The maximum atomic E-state index is 10.3. The Bertz CT molecular complexity index is 202. The van der Waals surface area contributed by atoms with Gasteiger partial charge >= 0.3 is 5.97 Å². The molecule has 0 bridgehead atoms. The first-order valence-electron chi connectivity index (χ1n) is 3.40. The minimum atomic E-state index is -1.28. The predicted octanol–water partition coefficient (Wildman–Crippen LogP) is -0.156. The molecular weight excluding hydrogens is 164 g/mol. The lowest BCUT2D eigenvalue weighted by atomic mass is 9.97. The molecule has 1 atom stereocenters. The minimum Gasteiger partial charge on any atom is -0.480 e. The summed E-state index contributed by atoms with van der Waals surface area (Å²) in [5.74, 6) is -1.22. The number of carboxylic acids is 1. The first-order valence-corrected chi connectivity index (χ1v) is 3.40. The Morgan fingerprint density at radius 3 is 2.42 bits per heavy atom. The molecule has 0 aliphatic heterocycles. The molecule has 0 amide bonds. The van der Waals surface area contributed by atoms with Crippen LogP contribution in [0, 0.1) is 10.1 Å². The Morgan fingerprint density at radius 2 is 2.17 bits per heavy atom. The maximum Gasteiger partial charge on any atom is 0.320 e. The van der Waals surface area contributed by atoms with E-state index in [1.165, 1.54) is 13.8 Å². The van der Waals surface area contributed by atoms with E-state index in [1.807, 2.05) is 0 Å². The average molecular weight is 176 g/mol. The largest absolute Gasteiger partial charge is 0.480 e. The van der Waals surface area contributed by atoms with Crippen molar-refractivity contribution >= 4 is 5.97 Å². The van der Waals surface area contributed by atoms with Gasteiger partial charge in [0, 0.05) is 25.2 Å². The molecule has 0 saturated carbocycles. The fraction of sp³-hybridized carbons (Fsp3) is 0.833. The molecule has 70 valence electrons. The molecule has 0 rings (SSSR count). The van der Waals surface area contributed by atoms with Gasteiger partial charge in [0.05, 0.1) is 0 Å². The Morgan fingerprint density at radius 1 is 1.75 bits per heavy atom. The number of hydrogen-bond acceptors (Lipinski definition) is 4. The quantitative estimate of drug-likeness (QED) is 0.457. The summed E-state index contributed by atoms with van der Waals surface area (Å²) >= 11 is 0. The van der Waals surface area contributed by atoms with E-state index in [1.54, 1.807) is 0 Å². The summed E-state index contributed by atoms with van der Waals surface area (Å²) in [5, 5.41) is 18.7. The zero-order valence-corrected chi connectivity index (χ0v) is 6.98. The monoisotopic (exact) mass is 176 g/mol. The normalized spacial score (nSPS) is 13.9. The Hall–Kier alpha value is -1.17. The van der Waals surface area contributed by atoms with E-state index in [9.17, 15) is 14.9 Å². The van der Waals surface area contributed by atoms with Crippen LogP contribution < -0.4 is 5.73 Å². The lowest BCUT2D eigenvalue weighted by molar-refractivity contribution is -0.561. The average Bonchev–Trinajstić information content (AvgIpc) is 1.85. The lowest BCUT2D eigenvalue weighted by Crippen LogP contribution is -2.42. The van der Waals surface area contributed by atoms with Gasteiger partial charge < -0.3 is 10.8 Å². The standard InChI is InChI=1S/C6H12N2O4/c1-6(2,8(11)12)3-4(7)5(9)10/h4H,3,7H2,1-2H3,(H,9,10)/t4-/m0/s1. The zero-order valence-electron chi connectivity index (χ0n) is 6.98. The highest BCUT2D eigenvalue weighted by molar-refractivity contribution is 5.73. The molecular formula is C6H12N2O4. The molecule has 3 N–H and O–H groups in total. The molecule has 0 aromatic heterocycles. The van der Waals surface area contributed by atoms with Gasteiger partial charge in [-0.05, 0) is 0 Å². The number of aliphatic carboxylic acids is 1. The second-order valence-corrected chi connectivity index (χ2v) is 3.22. The number of nitrogens with two attached hydrogens (primary N) is 1. The predicted molar refractivity (Wildman–Crippen MR) is 41.3 cm³/mol. The van der Waals surface area contributed by atoms with Crippen molar-refractivity contribution in [2.45, 2.75) is 31.8 Å². The van der Waals surface area contributed by atoms with Gasteiger partial charge in [0.2, 0.25) is 5.54 Å². The highest BCUT2D eigenvalue weighted by atomic mass is 16.6. The van der Waals surface area contributed by atoms with E-state index in [2.05, 4.69) is 0 Å². The van der Waals surface area contributed by atoms with E-state index in [0.29, 0.717) is 0 Å². The topological polar surface area (TPSA) is 106 Å². The SMILES string of the molecule is CC(C)(C[C@H](N)C(=O)O)[N+](=O)[O-]. The first kappa shape index (κ1) is 10.8. The molecule has 12 heavy (non-hydrogen) atoms. The highest BCUT2D eigenvalue weighted by Gasteiger charge is 2.35. The summed E-state index contributed by atoms with van der Waals surface area (Å²) in [7, 11) is 0. The molecule has 6 heteroatoms. The molecule has 0 aromatic carbocycles. The summed E-state index contributed by atoms with van der Waals surface area (Å²) < 4.78 is 0. The molecule has 0 unspecified atom stereocenters. The van der Waals surface area contributed by atoms with Crippen LogP contribution in [0.5, 0.6) is 0 Å². The Labute approximate surface area is 69.5 Å². The Balaban J connectivity index is 4.24. The van der Waals surface area contributed by atoms with Gasteiger partial charge in [0.15, 0.2) is 0 Å². The van der Waals surface area contributed by atoms with Gasteiger partial charge in [0.1, 0.15) is 6.04 Å². The van der Waals surface area contributed by atoms with E-state index in [4.69, 9.17) is 10.8 Å². The number of hydrogen-bond donors (Lipinski definition) is 2. The van der Waals surface area contributed by atoms with Crippen LogP contribution in [-0.2, 0) is 4.79 Å². The Kier molecular flexibility index (Phi) is 3.15. The van der Waals surface area contributed by atoms with Crippen LogP contribution in [0.4, 0.5) is 0 Å². The second-order valence-electron chi connectivity index (χ2n) is 3.22. The van der Waals surface area contributed by atoms with E-state index in [0.717, 1.165) is 0 Å². The molecule has 6 nitrogen and oxygen atoms in total. The lowest BCUT2D eigenvalue weighted by Gasteiger charge is -2.17. The zero-order chi connectivity index (χ0) is 9.94. The van der Waals surface area contributed by atoms with Gasteiger partial charge in [-0.3, -0.25) is 14.9 Å². The van der Waals surface area contributed by atoms with E-state index >= 15 is 0 Å². The third-order valence-electron chi connectivity index (χ3n) is 1.53. The van der Waals surface area contributed by atoms with Crippen LogP contribution in [0.3, 0.4) is 0 Å². The molecule has 0 saturated heterocycles. The molecule has 0 aromatic rings. The van der Waals surface area contributed by atoms with Crippen molar-refractivity contribution in [1.29, 1.82) is 0 Å². The number of nitro groups is 1. The van der Waals surface area contributed by atoms with Crippen LogP contribution in [0.2, 0.25) is 0 Å². The van der Waals surface area contributed by atoms with E-state index in [-0.39, 0.29) is 6.42 Å². The molecule has 0 heterocycles. The first-order chi connectivity index (χ1) is 5.27. The van der Waals surface area contributed by atoms with Crippen molar-refractivity contribution in [2.75, 3.05) is 0 Å². The highest BCUT2D eigenvalue weighted by Crippen LogP contribution is 2.14. The van der Waals surface area contributed by atoms with Gasteiger partial charge in [0.25, 0.3) is 0 Å². The number of rotatable bonds is 4. The van der Waals surface area contributed by atoms with Crippen molar-refractivity contribution in [3.63, 3.8) is 0 Å². The summed E-state index contributed by atoms with van der Waals surface area (Å²) in [4.78, 5) is 20.1. The number of nitrogens with zero attached hydrogens (tertiary/aromatic N) is 1. The maximum absolute atomic E-state index is 10.3. The van der Waals surface area contributed by atoms with Gasteiger partial charge in [-0.1, -0.05) is 0 Å². The summed E-state index contributed by atoms with van der Waals surface area (Å²) in [5.41, 5.74) is 3.86. The van der Waals surface area contributed by atoms with Crippen molar-refractivity contribution in [3.8, 4) is 0 Å². The van der Waals surface area contributed by atoms with Crippen LogP contribution in [0.1, 0.15) is 20.3 Å². The smallest absolute Gasteiger partial charge is 0.320 e. The fourth-order valence-electron chi connectivity index (χ4n) is 0.700. The summed E-state index contributed by atoms with van der Waals surface area (Å²) in [6.45, 7) is 2.69. The van der Waals surface area contributed by atoms with Crippen molar-refractivity contribution in [3.05, 3.63) is 10.1 Å². The van der Waals surface area contributed by atoms with Gasteiger partial charge in [-0.2, -0.15) is 0 Å². The molecule has 0 aliphatic rings. The third kappa shape index (κ3) is 2.83. The molecule has 0 radical (unpaired) electrons. The van der Waals surface area contributed by atoms with Gasteiger partial charge in [-0.25, -0.2) is 0 Å². The number of carbonyl (C=O) groups is 1.